The predicted octanol–water partition coefficient (Wildman–Crippen LogP) is 3.42. The van der Waals surface area contributed by atoms with Crippen LogP contribution in [0.3, 0.4) is 0 Å². The number of carbonyl (C=O) groups is 1. The van der Waals surface area contributed by atoms with E-state index in [1.165, 1.54) is 31.9 Å². The first kappa shape index (κ1) is 17.3. The lowest BCUT2D eigenvalue weighted by molar-refractivity contribution is 0.185. The van der Waals surface area contributed by atoms with Crippen LogP contribution in [0.25, 0.3) is 0 Å². The van der Waals surface area contributed by atoms with Gasteiger partial charge in [-0.3, -0.25) is 0 Å². The third-order valence-electron chi connectivity index (χ3n) is 5.11. The summed E-state index contributed by atoms with van der Waals surface area (Å²) in [6.45, 7) is 0.816. The van der Waals surface area contributed by atoms with Crippen LogP contribution in [0.1, 0.15) is 44.1 Å². The molecule has 2 aliphatic rings. The largest absolute Gasteiger partial charge is 0.322 e. The number of nitrogens with zero attached hydrogens (tertiary/aromatic N) is 1. The molecular weight excluding hydrogens is 324 g/mol. The van der Waals surface area contributed by atoms with Crippen molar-refractivity contribution in [1.82, 2.24) is 4.90 Å². The first-order valence-corrected chi connectivity index (χ1v) is 10.8. The molecule has 132 valence electrons. The summed E-state index contributed by atoms with van der Waals surface area (Å²) in [5.74, 6) is 0.639. The van der Waals surface area contributed by atoms with E-state index in [2.05, 4.69) is 5.32 Å². The van der Waals surface area contributed by atoms with E-state index in [0.29, 0.717) is 23.2 Å². The van der Waals surface area contributed by atoms with Crippen LogP contribution in [0.2, 0.25) is 0 Å². The fourth-order valence-corrected chi connectivity index (χ4v) is 4.90. The van der Waals surface area contributed by atoms with Crippen molar-refractivity contribution in [2.45, 2.75) is 50.3 Å². The molecule has 1 aliphatic heterocycles. The van der Waals surface area contributed by atoms with Crippen molar-refractivity contribution >= 4 is 21.6 Å². The van der Waals surface area contributed by atoms with Crippen LogP contribution >= 0.6 is 0 Å². The zero-order valence-corrected chi connectivity index (χ0v) is 15.0. The number of urea groups is 1. The Kier molecular flexibility index (Phi) is 5.13. The lowest BCUT2D eigenvalue weighted by Gasteiger charge is -2.29. The maximum atomic E-state index is 12.7. The molecule has 24 heavy (non-hydrogen) atoms. The maximum absolute atomic E-state index is 12.7. The van der Waals surface area contributed by atoms with Gasteiger partial charge in [-0.15, -0.1) is 0 Å². The lowest BCUT2D eigenvalue weighted by Crippen LogP contribution is -2.41. The number of nitrogens with one attached hydrogen (secondary N) is 1. The van der Waals surface area contributed by atoms with Gasteiger partial charge in [0.15, 0.2) is 9.84 Å². The van der Waals surface area contributed by atoms with E-state index in [-0.39, 0.29) is 11.8 Å². The molecule has 1 aliphatic carbocycles. The highest BCUT2D eigenvalue weighted by molar-refractivity contribution is 7.89. The van der Waals surface area contributed by atoms with Gasteiger partial charge in [-0.1, -0.05) is 25.0 Å². The molecule has 6 heteroatoms. The third-order valence-corrected chi connectivity index (χ3v) is 5.97. The highest BCUT2D eigenvalue weighted by atomic mass is 32.2. The van der Waals surface area contributed by atoms with Crippen LogP contribution in [-0.4, -0.2) is 38.2 Å². The van der Waals surface area contributed by atoms with E-state index in [1.807, 2.05) is 11.0 Å². The Bertz CT molecular complexity index is 696. The van der Waals surface area contributed by atoms with Crippen LogP contribution in [0.4, 0.5) is 10.5 Å². The molecule has 5 nitrogen and oxygen atoms in total. The van der Waals surface area contributed by atoms with Gasteiger partial charge in [0, 0.05) is 24.5 Å². The minimum absolute atomic E-state index is 0.00881. The highest BCUT2D eigenvalue weighted by Gasteiger charge is 2.35. The zero-order valence-electron chi connectivity index (χ0n) is 14.2. The molecule has 1 atom stereocenters. The van der Waals surface area contributed by atoms with E-state index < -0.39 is 9.84 Å². The van der Waals surface area contributed by atoms with E-state index in [1.54, 1.807) is 18.2 Å². The SMILES string of the molecule is CS(=O)(=O)Cc1cccc(NC(=O)N2CCCC2C2CCCC2)c1. The molecule has 3 rings (SSSR count). The molecule has 1 aromatic carbocycles. The monoisotopic (exact) mass is 350 g/mol. The molecule has 1 heterocycles. The molecule has 2 amide bonds. The third kappa shape index (κ3) is 4.29. The van der Waals surface area contributed by atoms with Gasteiger partial charge in [0.25, 0.3) is 0 Å². The van der Waals surface area contributed by atoms with Crippen LogP contribution < -0.4 is 5.32 Å². The first-order valence-electron chi connectivity index (χ1n) is 8.77. The molecule has 1 N–H and O–H groups in total. The zero-order chi connectivity index (χ0) is 17.2. The number of benzene rings is 1. The van der Waals surface area contributed by atoms with E-state index >= 15 is 0 Å². The number of amides is 2. The van der Waals surface area contributed by atoms with Crippen LogP contribution in [0.15, 0.2) is 24.3 Å². The normalized spacial score (nSPS) is 22.0. The average Bonchev–Trinajstić information content (AvgIpc) is 3.17. The van der Waals surface area contributed by atoms with Crippen molar-refractivity contribution in [2.75, 3.05) is 18.1 Å². The van der Waals surface area contributed by atoms with Crippen molar-refractivity contribution in [3.8, 4) is 0 Å². The van der Waals surface area contributed by atoms with Crippen LogP contribution in [0.5, 0.6) is 0 Å². The second-order valence-electron chi connectivity index (χ2n) is 7.15. The summed E-state index contributed by atoms with van der Waals surface area (Å²) >= 11 is 0. The predicted molar refractivity (Wildman–Crippen MR) is 95.7 cm³/mol. The smallest absolute Gasteiger partial charge is 0.321 e. The molecule has 1 saturated heterocycles. The van der Waals surface area contributed by atoms with Gasteiger partial charge in [0.2, 0.25) is 0 Å². The number of carbonyl (C=O) groups excluding carboxylic acids is 1. The first-order chi connectivity index (χ1) is 11.4. The van der Waals surface area contributed by atoms with Gasteiger partial charge in [0.1, 0.15) is 0 Å². The maximum Gasteiger partial charge on any atom is 0.322 e. The summed E-state index contributed by atoms with van der Waals surface area (Å²) in [4.78, 5) is 14.7. The standard InChI is InChI=1S/C18H26N2O3S/c1-24(22,23)13-14-6-4-9-16(12-14)19-18(21)20-11-5-10-17(20)15-7-2-3-8-15/h4,6,9,12,15,17H,2-3,5,7-8,10-11,13H2,1H3,(H,19,21). The van der Waals surface area contributed by atoms with Crippen molar-refractivity contribution in [3.05, 3.63) is 29.8 Å². The average molecular weight is 350 g/mol. The van der Waals surface area contributed by atoms with Crippen molar-refractivity contribution in [3.63, 3.8) is 0 Å². The Hall–Kier alpha value is -1.56. The number of hydrogen-bond donors (Lipinski definition) is 1. The van der Waals surface area contributed by atoms with E-state index in [9.17, 15) is 13.2 Å². The number of anilines is 1. The summed E-state index contributed by atoms with van der Waals surface area (Å²) in [7, 11) is -3.08. The summed E-state index contributed by atoms with van der Waals surface area (Å²) in [6, 6.07) is 7.43. The number of rotatable bonds is 4. The second kappa shape index (κ2) is 7.13. The molecule has 1 aromatic rings. The number of sulfone groups is 1. The summed E-state index contributed by atoms with van der Waals surface area (Å²) < 4.78 is 22.9. The van der Waals surface area contributed by atoms with Gasteiger partial charge in [-0.2, -0.15) is 0 Å². The fourth-order valence-electron chi connectivity index (χ4n) is 4.11. The Morgan fingerprint density at radius 2 is 1.96 bits per heavy atom. The van der Waals surface area contributed by atoms with Gasteiger partial charge >= 0.3 is 6.03 Å². The van der Waals surface area contributed by atoms with Gasteiger partial charge in [-0.25, -0.2) is 13.2 Å². The lowest BCUT2D eigenvalue weighted by atomic mass is 9.96. The van der Waals surface area contributed by atoms with Crippen LogP contribution in [-0.2, 0) is 15.6 Å². The van der Waals surface area contributed by atoms with Crippen molar-refractivity contribution in [2.24, 2.45) is 5.92 Å². The summed E-state index contributed by atoms with van der Waals surface area (Å²) in [6.07, 6.45) is 8.43. The molecule has 1 unspecified atom stereocenters. The minimum atomic E-state index is -3.08. The molecule has 0 radical (unpaired) electrons. The van der Waals surface area contributed by atoms with Crippen molar-refractivity contribution < 1.29 is 13.2 Å². The Morgan fingerprint density at radius 3 is 2.67 bits per heavy atom. The minimum Gasteiger partial charge on any atom is -0.321 e. The van der Waals surface area contributed by atoms with Crippen LogP contribution in [0, 0.1) is 5.92 Å². The molecule has 2 fully saturated rings. The Morgan fingerprint density at radius 1 is 1.21 bits per heavy atom. The second-order valence-corrected chi connectivity index (χ2v) is 9.29. The molecule has 0 spiro atoms. The number of hydrogen-bond acceptors (Lipinski definition) is 3. The number of likely N-dealkylation sites (tertiary alicyclic amines) is 1. The van der Waals surface area contributed by atoms with Crippen molar-refractivity contribution in [1.29, 1.82) is 0 Å². The molecular formula is C18H26N2O3S. The summed E-state index contributed by atoms with van der Waals surface area (Å²) in [5, 5.41) is 2.96. The topological polar surface area (TPSA) is 66.5 Å². The van der Waals surface area contributed by atoms with E-state index in [4.69, 9.17) is 0 Å². The highest BCUT2D eigenvalue weighted by Crippen LogP contribution is 2.35. The van der Waals surface area contributed by atoms with Gasteiger partial charge in [-0.05, 0) is 49.3 Å². The molecule has 0 bridgehead atoms. The van der Waals surface area contributed by atoms with E-state index in [0.717, 1.165) is 19.4 Å². The summed E-state index contributed by atoms with van der Waals surface area (Å²) in [5.41, 5.74) is 1.36. The molecule has 0 aromatic heterocycles. The Balaban J connectivity index is 1.66. The Labute approximate surface area is 144 Å². The molecule has 1 saturated carbocycles. The van der Waals surface area contributed by atoms with Gasteiger partial charge in [0.05, 0.1) is 5.75 Å². The quantitative estimate of drug-likeness (QED) is 0.905. The fraction of sp³-hybridized carbons (Fsp3) is 0.611. The van der Waals surface area contributed by atoms with Gasteiger partial charge < -0.3 is 10.2 Å².